The number of hydrogen-bond donors (Lipinski definition) is 12. The Morgan fingerprint density at radius 1 is 0.433 bits per heavy atom. The molecule has 786 valence electrons. The van der Waals surface area contributed by atoms with E-state index in [2.05, 4.69) is 100 Å². The zero-order valence-electron chi connectivity index (χ0n) is 87.6. The van der Waals surface area contributed by atoms with Crippen molar-refractivity contribution >= 4 is 182 Å². The molecule has 3 amide bonds. The van der Waals surface area contributed by atoms with Crippen molar-refractivity contribution in [1.82, 2.24) is 58.8 Å². The molecule has 42 heteroatoms. The number of carboxylic acid groups (broad SMARTS) is 1. The molecule has 0 fully saturated rings. The Balaban J connectivity index is 0.000000276. The molecule has 18 N–H and O–H groups in total. The zero-order valence-corrected chi connectivity index (χ0v) is 89.2. The summed E-state index contributed by atoms with van der Waals surface area (Å²) >= 11 is 2.96. The van der Waals surface area contributed by atoms with E-state index >= 15 is 0 Å². The summed E-state index contributed by atoms with van der Waals surface area (Å²) < 4.78 is 37.7. The number of guanidine groups is 1. The molecule has 15 rings (SSSR count). The van der Waals surface area contributed by atoms with Gasteiger partial charge in [-0.15, -0.1) is 4.99 Å². The molecule has 10 aromatic heterocycles. The first kappa shape index (κ1) is 122. The number of H-pyrrole nitrogens is 1. The summed E-state index contributed by atoms with van der Waals surface area (Å²) in [6.07, 6.45) is 7.57. The molecule has 0 spiro atoms. The molecule has 0 saturated heterocycles. The Morgan fingerprint density at radius 3 is 1.02 bits per heavy atom. The van der Waals surface area contributed by atoms with Crippen molar-refractivity contribution in [2.75, 3.05) is 51.7 Å². The van der Waals surface area contributed by atoms with E-state index in [9.17, 15) is 38.4 Å². The van der Waals surface area contributed by atoms with E-state index in [1.54, 1.807) is 76.6 Å². The Kier molecular flexibility index (Phi) is 47.2. The number of aryl methyl sites for hydroxylation is 5. The number of esters is 3. The van der Waals surface area contributed by atoms with Gasteiger partial charge >= 0.3 is 61.0 Å². The standard InChI is InChI=1S/C24H30N4O4.C22H26N4O4.C19H22N4O2.C19H18N4O2.C15H12N4.C6H13N3O2.C3H5BrO.Li.2H2O/c1-6-31-22(29)15-28-11-10-18-19(8-7-9-20(18)28)27-21-13-17(12-16(2)26-21)14-25-23(30)32-24(3,4)5;1-14-10-15(12-23-21(29)30-22(2,3)4)11-19(24-14)25-17-6-5-7-18-16(17)8-9-26(18)13-20(27)28;2*1-3-25-19(24)12-23-8-7-15-16(5-4-6-17(15)23)22-18-10-14(11-20)9-13(2)21-18;1-10-7-11(9-16)8-15(18-10)19-14-4-2-3-13-12(14)5-6-17-13;1-6(2,3)11-5(10)9-4(7)8;1-3(5)2-4;;;/h7-13H,6,14-15H2,1-5H3,(H,25,30)(H,26,27);5-11H,12-13H2,1-4H3,(H,23,29)(H,24,25)(H,27,28);4-10H,3,11-12,20H2,1-2H3,(H,21,22);4-10H,3,12H2,1-2H3,(H,21,22);2-8,17H,1H3,(H,18,19);1-3H3,(H4,7,8,9,10);2H2,1H3;;2*1H2/q;;;;;;;+1;;/p-1. The molecule has 0 unspecified atom stereocenters. The second-order valence-electron chi connectivity index (χ2n) is 36.2. The normalized spacial score (nSPS) is 10.5. The zero-order chi connectivity index (χ0) is 107. The van der Waals surface area contributed by atoms with E-state index < -0.39 is 41.1 Å². The van der Waals surface area contributed by atoms with Gasteiger partial charge in [-0.25, -0.2) is 39.3 Å². The summed E-state index contributed by atoms with van der Waals surface area (Å²) in [7, 11) is 0. The SMILES string of the molecule is CC(=O)CBr.CC(C)(C)OC(=O)N=C(N)N.CCOC(=O)Cn1ccc2c(Nc3cc(C#N)cc(C)n3)cccc21.CCOC(=O)Cn1ccc2c(Nc3cc(CN)cc(C)n3)cccc21.CCOC(=O)Cn1ccc2c(Nc3cc(CNC(=O)OC(C)(C)C)cc(C)n3)cccc21.Cc1cc(C#N)cc(Nc2cccc3[nH]ccc23)n1.Cc1cc(CNC(=O)OC(C)(C)C)cc(Nc2cccc3c2ccn3CC(=O)O)n1.O.[Li+].[OH-]. The fourth-order valence-electron chi connectivity index (χ4n) is 14.6. The Morgan fingerprint density at radius 2 is 0.727 bits per heavy atom. The number of carbonyl (C=O) groups excluding carboxylic acids is 7. The van der Waals surface area contributed by atoms with Crippen molar-refractivity contribution in [2.45, 2.75) is 187 Å². The van der Waals surface area contributed by atoms with Gasteiger partial charge < -0.3 is 122 Å². The summed E-state index contributed by atoms with van der Waals surface area (Å²) in [5.74, 6) is 1.55. The Hall–Kier alpha value is -16.7. The molecule has 40 nitrogen and oxygen atoms in total. The molecular formula is C108H129BrLiN23O17. The minimum atomic E-state index is -0.895. The van der Waals surface area contributed by atoms with E-state index in [1.807, 2.05) is 272 Å². The van der Waals surface area contributed by atoms with Crippen LogP contribution in [0.15, 0.2) is 218 Å². The van der Waals surface area contributed by atoms with Crippen molar-refractivity contribution in [2.24, 2.45) is 22.2 Å². The molecule has 150 heavy (non-hydrogen) atoms. The molecular weight excluding hydrogens is 1980 g/mol. The van der Waals surface area contributed by atoms with Crippen molar-refractivity contribution in [3.05, 3.63) is 269 Å². The number of nitrogens with zero attached hydrogens (tertiary/aromatic N) is 12. The first-order valence-electron chi connectivity index (χ1n) is 46.9. The maximum Gasteiger partial charge on any atom is 1.00 e. The van der Waals surface area contributed by atoms with Gasteiger partial charge in [0.05, 0.1) is 70.5 Å². The van der Waals surface area contributed by atoms with Crippen LogP contribution in [-0.4, -0.2) is 160 Å². The maximum atomic E-state index is 12.0. The largest absolute Gasteiger partial charge is 1.00 e. The number of nitriles is 2. The molecule has 0 bridgehead atoms. The van der Waals surface area contributed by atoms with Crippen LogP contribution in [-0.2, 0) is 98.2 Å². The number of benzene rings is 5. The fourth-order valence-corrected chi connectivity index (χ4v) is 14.6. The molecule has 0 aliphatic rings. The number of aliphatic imine (C=N–C) groups is 1. The quantitative estimate of drug-likeness (QED) is 0.00568. The second-order valence-corrected chi connectivity index (χ2v) is 36.7. The number of nitrogens with one attached hydrogen (secondary N) is 8. The molecule has 15 aromatic rings. The van der Waals surface area contributed by atoms with Gasteiger partial charge in [0.25, 0.3) is 0 Å². The van der Waals surface area contributed by atoms with Crippen LogP contribution in [0, 0.1) is 57.3 Å². The van der Waals surface area contributed by atoms with Crippen molar-refractivity contribution in [1.29, 1.82) is 10.5 Å². The Bertz CT molecular complexity index is 7280. The van der Waals surface area contributed by atoms with Gasteiger partial charge in [0.15, 0.2) is 5.96 Å². The number of rotatable bonds is 27. The van der Waals surface area contributed by atoms with E-state index in [0.717, 1.165) is 134 Å². The smallest absolute Gasteiger partial charge is 0.870 e. The number of carboxylic acids is 1. The van der Waals surface area contributed by atoms with Crippen LogP contribution in [0.2, 0.25) is 0 Å². The number of ether oxygens (including phenoxy) is 6. The first-order chi connectivity index (χ1) is 69.8. The summed E-state index contributed by atoms with van der Waals surface area (Å²) in [6, 6.07) is 61.7. The molecule has 0 radical (unpaired) electrons. The number of aromatic amines is 1. The van der Waals surface area contributed by atoms with Crippen LogP contribution in [0.4, 0.5) is 71.9 Å². The molecule has 0 aliphatic heterocycles. The van der Waals surface area contributed by atoms with Crippen molar-refractivity contribution in [3.63, 3.8) is 0 Å². The van der Waals surface area contributed by atoms with Gasteiger partial charge in [-0.1, -0.05) is 46.3 Å². The van der Waals surface area contributed by atoms with Crippen LogP contribution in [0.5, 0.6) is 0 Å². The fraction of sp³-hybridized carbons (Fsp3) is 0.296. The first-order valence-corrected chi connectivity index (χ1v) is 48.1. The predicted octanol–water partition coefficient (Wildman–Crippen LogP) is 16.2. The topological polar surface area (TPSA) is 596 Å². The molecule has 0 aliphatic carbocycles. The van der Waals surface area contributed by atoms with E-state index in [0.29, 0.717) is 79.2 Å². The number of halogens is 1. The third-order valence-electron chi connectivity index (χ3n) is 20.2. The van der Waals surface area contributed by atoms with Gasteiger partial charge in [-0.3, -0.25) is 24.0 Å². The van der Waals surface area contributed by atoms with E-state index in [-0.39, 0.29) is 85.6 Å². The number of Topliss-reactive ketones (excluding diaryl/α,β-unsaturated/α-hetero) is 1. The van der Waals surface area contributed by atoms with Crippen LogP contribution >= 0.6 is 15.9 Å². The van der Waals surface area contributed by atoms with Crippen LogP contribution in [0.25, 0.3) is 54.5 Å². The molecule has 0 atom stereocenters. The van der Waals surface area contributed by atoms with Crippen LogP contribution in [0.3, 0.4) is 0 Å². The van der Waals surface area contributed by atoms with Crippen molar-refractivity contribution in [3.8, 4) is 12.1 Å². The van der Waals surface area contributed by atoms with Crippen LogP contribution in [0.1, 0.15) is 146 Å². The number of nitrogens with two attached hydrogens (primary N) is 3. The third-order valence-corrected chi connectivity index (χ3v) is 21.0. The molecule has 5 aromatic carbocycles. The van der Waals surface area contributed by atoms with Gasteiger partial charge in [0, 0.05) is 140 Å². The number of amides is 3. The van der Waals surface area contributed by atoms with Crippen LogP contribution < -0.4 is 73.3 Å². The number of alkyl halides is 1. The number of pyridine rings is 5. The van der Waals surface area contributed by atoms with E-state index in [1.165, 1.54) is 6.92 Å². The van der Waals surface area contributed by atoms with Gasteiger partial charge in [-0.2, -0.15) is 10.5 Å². The Labute approximate surface area is 890 Å². The predicted molar refractivity (Wildman–Crippen MR) is 580 cm³/mol. The minimum Gasteiger partial charge on any atom is -0.870 e. The average Bonchev–Trinajstić information content (AvgIpc) is 1.66. The minimum absolute atomic E-state index is 0. The summed E-state index contributed by atoms with van der Waals surface area (Å²) in [6.45, 7) is 35.1. The van der Waals surface area contributed by atoms with Gasteiger partial charge in [0.2, 0.25) is 0 Å². The number of anilines is 10. The van der Waals surface area contributed by atoms with E-state index in [4.69, 9.17) is 61.3 Å². The maximum absolute atomic E-state index is 12.0. The third kappa shape index (κ3) is 39.6. The number of ketones is 1. The number of aromatic nitrogens is 10. The summed E-state index contributed by atoms with van der Waals surface area (Å²) in [5.41, 5.74) is 31.2. The summed E-state index contributed by atoms with van der Waals surface area (Å²) in [4.78, 5) is 120. The number of aliphatic carboxylic acids is 1. The average molecular weight is 2110 g/mol. The number of fused-ring (bicyclic) bond motifs is 5. The summed E-state index contributed by atoms with van der Waals surface area (Å²) in [5, 5.41) is 54.7. The molecule has 0 saturated carbocycles. The van der Waals surface area contributed by atoms with Crippen molar-refractivity contribution < 1.29 is 102 Å². The molecule has 10 heterocycles. The number of carbonyl (C=O) groups is 8. The van der Waals surface area contributed by atoms with Gasteiger partial charge in [-0.05, 0) is 293 Å². The monoisotopic (exact) mass is 2110 g/mol. The van der Waals surface area contributed by atoms with Gasteiger partial charge in [0.1, 0.15) is 77.9 Å². The number of alkyl carbamates (subject to hydrolysis) is 2. The second kappa shape index (κ2) is 58.0. The number of hydrogen-bond acceptors (Lipinski definition) is 28.